The molecule has 1 aromatic carbocycles. The molecule has 0 radical (unpaired) electrons. The molecule has 0 bridgehead atoms. The first-order valence-corrected chi connectivity index (χ1v) is 6.28. The molecule has 20 heavy (non-hydrogen) atoms. The molecule has 106 valence electrons. The quantitative estimate of drug-likeness (QED) is 0.823. The zero-order chi connectivity index (χ0) is 14.9. The van der Waals surface area contributed by atoms with Gasteiger partial charge in [-0.05, 0) is 24.3 Å². The van der Waals surface area contributed by atoms with Crippen LogP contribution in [0.4, 0.5) is 13.2 Å². The van der Waals surface area contributed by atoms with Crippen molar-refractivity contribution in [1.29, 1.82) is 0 Å². The maximum atomic E-state index is 12.9. The summed E-state index contributed by atoms with van der Waals surface area (Å²) in [5, 5.41) is 0. The molecular weight excluding hydrogens is 339 g/mol. The third kappa shape index (κ3) is 3.04. The Bertz CT molecular complexity index is 695. The van der Waals surface area contributed by atoms with Gasteiger partial charge in [-0.2, -0.15) is 13.2 Å². The maximum absolute atomic E-state index is 12.9. The topological polar surface area (TPSA) is 31.2 Å². The molecule has 3 nitrogen and oxygen atoms in total. The van der Waals surface area contributed by atoms with Crippen molar-refractivity contribution in [1.82, 2.24) is 4.57 Å². The molecule has 0 aliphatic rings. The molecule has 0 unspecified atom stereocenters. The van der Waals surface area contributed by atoms with E-state index in [0.717, 1.165) is 16.8 Å². The summed E-state index contributed by atoms with van der Waals surface area (Å²) in [4.78, 5) is 11.9. The largest absolute Gasteiger partial charge is 0.451 e. The van der Waals surface area contributed by atoms with Gasteiger partial charge in [-0.25, -0.2) is 0 Å². The number of rotatable bonds is 2. The molecule has 0 aliphatic heterocycles. The normalized spacial score (nSPS) is 11.4. The lowest BCUT2D eigenvalue weighted by atomic mass is 10.2. The second-order valence-corrected chi connectivity index (χ2v) is 4.95. The van der Waals surface area contributed by atoms with Crippen molar-refractivity contribution in [3.8, 4) is 11.5 Å². The molecule has 0 N–H and O–H groups in total. The standard InChI is InChI=1S/C13H9BrF3NO2/c1-18-6-5-10(13(15,16)17)11(12(18)19)20-9-4-2-3-8(14)7-9/h2-7H,1H3. The smallest absolute Gasteiger partial charge is 0.420 e. The predicted molar refractivity (Wildman–Crippen MR) is 70.9 cm³/mol. The van der Waals surface area contributed by atoms with E-state index in [4.69, 9.17) is 4.74 Å². The molecule has 0 saturated heterocycles. The zero-order valence-corrected chi connectivity index (χ0v) is 11.8. The van der Waals surface area contributed by atoms with Crippen molar-refractivity contribution >= 4 is 15.9 Å². The number of ether oxygens (including phenoxy) is 1. The number of alkyl halides is 3. The molecule has 2 aromatic rings. The summed E-state index contributed by atoms with van der Waals surface area (Å²) in [5.74, 6) is -0.589. The molecule has 0 spiro atoms. The van der Waals surface area contributed by atoms with Gasteiger partial charge in [0.1, 0.15) is 11.3 Å². The Balaban J connectivity index is 2.55. The van der Waals surface area contributed by atoms with Gasteiger partial charge < -0.3 is 9.30 Å². The van der Waals surface area contributed by atoms with E-state index in [2.05, 4.69) is 15.9 Å². The average molecular weight is 348 g/mol. The van der Waals surface area contributed by atoms with Gasteiger partial charge in [0, 0.05) is 17.7 Å². The fourth-order valence-electron chi connectivity index (χ4n) is 1.58. The van der Waals surface area contributed by atoms with Gasteiger partial charge in [0.2, 0.25) is 5.75 Å². The van der Waals surface area contributed by atoms with E-state index in [0.29, 0.717) is 4.47 Å². The van der Waals surface area contributed by atoms with E-state index in [1.165, 1.54) is 19.2 Å². The number of halogens is 4. The first-order chi connectivity index (χ1) is 9.29. The summed E-state index contributed by atoms with van der Waals surface area (Å²) in [5.41, 5.74) is -1.94. The van der Waals surface area contributed by atoms with Crippen molar-refractivity contribution in [2.45, 2.75) is 6.18 Å². The SMILES string of the molecule is Cn1ccc(C(F)(F)F)c(Oc2cccc(Br)c2)c1=O. The molecular formula is C13H9BrF3NO2. The van der Waals surface area contributed by atoms with Gasteiger partial charge >= 0.3 is 6.18 Å². The molecule has 0 amide bonds. The summed E-state index contributed by atoms with van der Waals surface area (Å²) in [6.07, 6.45) is -3.60. The van der Waals surface area contributed by atoms with E-state index < -0.39 is 23.0 Å². The Hall–Kier alpha value is -1.76. The van der Waals surface area contributed by atoms with Crippen LogP contribution < -0.4 is 10.3 Å². The van der Waals surface area contributed by atoms with Crippen LogP contribution in [0.15, 0.2) is 45.8 Å². The summed E-state index contributed by atoms with van der Waals surface area (Å²) in [6.45, 7) is 0. The monoisotopic (exact) mass is 347 g/mol. The zero-order valence-electron chi connectivity index (χ0n) is 10.2. The molecule has 2 rings (SSSR count). The highest BCUT2D eigenvalue weighted by Crippen LogP contribution is 2.36. The van der Waals surface area contributed by atoms with Crippen LogP contribution >= 0.6 is 15.9 Å². The van der Waals surface area contributed by atoms with Gasteiger partial charge in [0.25, 0.3) is 5.56 Å². The fourth-order valence-corrected chi connectivity index (χ4v) is 1.95. The number of hydrogen-bond acceptors (Lipinski definition) is 2. The first-order valence-electron chi connectivity index (χ1n) is 5.49. The van der Waals surface area contributed by atoms with E-state index in [9.17, 15) is 18.0 Å². The summed E-state index contributed by atoms with van der Waals surface area (Å²) >= 11 is 3.18. The Morgan fingerprint density at radius 1 is 1.25 bits per heavy atom. The van der Waals surface area contributed by atoms with Crippen LogP contribution in [-0.2, 0) is 13.2 Å². The van der Waals surface area contributed by atoms with Crippen LogP contribution in [0.2, 0.25) is 0 Å². The third-order valence-corrected chi connectivity index (χ3v) is 3.04. The van der Waals surface area contributed by atoms with E-state index >= 15 is 0 Å². The van der Waals surface area contributed by atoms with Crippen LogP contribution in [0.1, 0.15) is 5.56 Å². The Morgan fingerprint density at radius 2 is 1.95 bits per heavy atom. The number of hydrogen-bond donors (Lipinski definition) is 0. The van der Waals surface area contributed by atoms with Gasteiger partial charge in [0.05, 0.1) is 0 Å². The first kappa shape index (κ1) is 14.6. The van der Waals surface area contributed by atoms with E-state index in [1.807, 2.05) is 0 Å². The highest BCUT2D eigenvalue weighted by atomic mass is 79.9. The van der Waals surface area contributed by atoms with Crippen molar-refractivity contribution in [2.75, 3.05) is 0 Å². The predicted octanol–water partition coefficient (Wildman–Crippen LogP) is 3.96. The lowest BCUT2D eigenvalue weighted by Gasteiger charge is -2.14. The van der Waals surface area contributed by atoms with Crippen LogP contribution in [0, 0.1) is 0 Å². The molecule has 0 saturated carbocycles. The molecule has 0 atom stereocenters. The number of aryl methyl sites for hydroxylation is 1. The van der Waals surface area contributed by atoms with Crippen molar-refractivity contribution in [3.63, 3.8) is 0 Å². The van der Waals surface area contributed by atoms with Crippen LogP contribution in [0.3, 0.4) is 0 Å². The second kappa shape index (κ2) is 5.32. The molecule has 1 heterocycles. The summed E-state index contributed by atoms with van der Waals surface area (Å²) in [7, 11) is 1.36. The number of aromatic nitrogens is 1. The van der Waals surface area contributed by atoms with Gasteiger partial charge in [-0.15, -0.1) is 0 Å². The maximum Gasteiger partial charge on any atom is 0.420 e. The Labute approximate surface area is 120 Å². The lowest BCUT2D eigenvalue weighted by Crippen LogP contribution is -2.22. The van der Waals surface area contributed by atoms with Crippen molar-refractivity contribution in [3.05, 3.63) is 56.9 Å². The molecule has 0 aliphatic carbocycles. The lowest BCUT2D eigenvalue weighted by molar-refractivity contribution is -0.138. The van der Waals surface area contributed by atoms with Crippen LogP contribution in [0.5, 0.6) is 11.5 Å². The van der Waals surface area contributed by atoms with Crippen molar-refractivity contribution in [2.24, 2.45) is 7.05 Å². The number of benzene rings is 1. The van der Waals surface area contributed by atoms with Gasteiger partial charge in [-0.3, -0.25) is 4.79 Å². The van der Waals surface area contributed by atoms with Crippen LogP contribution in [-0.4, -0.2) is 4.57 Å². The fraction of sp³-hybridized carbons (Fsp3) is 0.154. The minimum Gasteiger partial charge on any atom is -0.451 e. The van der Waals surface area contributed by atoms with E-state index in [1.54, 1.807) is 12.1 Å². The minimum atomic E-state index is -4.66. The highest BCUT2D eigenvalue weighted by Gasteiger charge is 2.36. The summed E-state index contributed by atoms with van der Waals surface area (Å²) in [6, 6.07) is 7.05. The van der Waals surface area contributed by atoms with Gasteiger partial charge in [-0.1, -0.05) is 22.0 Å². The third-order valence-electron chi connectivity index (χ3n) is 2.55. The molecule has 0 fully saturated rings. The van der Waals surface area contributed by atoms with Crippen molar-refractivity contribution < 1.29 is 17.9 Å². The minimum absolute atomic E-state index is 0.146. The molecule has 1 aromatic heterocycles. The Morgan fingerprint density at radius 3 is 2.55 bits per heavy atom. The highest BCUT2D eigenvalue weighted by molar-refractivity contribution is 9.10. The number of pyridine rings is 1. The van der Waals surface area contributed by atoms with E-state index in [-0.39, 0.29) is 5.75 Å². The number of nitrogens with zero attached hydrogens (tertiary/aromatic N) is 1. The Kier molecular flexibility index (Phi) is 3.89. The second-order valence-electron chi connectivity index (χ2n) is 4.03. The average Bonchev–Trinajstić information content (AvgIpc) is 2.33. The summed E-state index contributed by atoms with van der Waals surface area (Å²) < 4.78 is 45.5. The van der Waals surface area contributed by atoms with Crippen LogP contribution in [0.25, 0.3) is 0 Å². The van der Waals surface area contributed by atoms with Gasteiger partial charge in [0.15, 0.2) is 0 Å². The molecule has 7 heteroatoms.